The predicted molar refractivity (Wildman–Crippen MR) is 74.0 cm³/mol. The smallest absolute Gasteiger partial charge is 0.270 e. The van der Waals surface area contributed by atoms with E-state index >= 15 is 0 Å². The van der Waals surface area contributed by atoms with E-state index in [9.17, 15) is 9.90 Å². The number of rotatable bonds is 3. The summed E-state index contributed by atoms with van der Waals surface area (Å²) in [6, 6.07) is 2.39. The first kappa shape index (κ1) is 12.0. The minimum absolute atomic E-state index is 0.0583. The Bertz CT molecular complexity index is 540. The molecular weight excluding hydrogens is 308 g/mol. The van der Waals surface area contributed by atoms with Crippen LogP contribution in [0, 0.1) is 5.92 Å². The van der Waals surface area contributed by atoms with Crippen LogP contribution in [0.3, 0.4) is 0 Å². The molecule has 5 heteroatoms. The van der Waals surface area contributed by atoms with E-state index in [1.165, 1.54) is 0 Å². The number of carbonyl (C=O) groups is 1. The van der Waals surface area contributed by atoms with Crippen LogP contribution in [0.4, 0.5) is 0 Å². The molecule has 19 heavy (non-hydrogen) atoms. The van der Waals surface area contributed by atoms with Gasteiger partial charge in [0.1, 0.15) is 11.3 Å². The number of β-amino-alcohol motifs (C(OH)–C–C–N with tert-alkyl or cyclic N) is 1. The van der Waals surface area contributed by atoms with Crippen LogP contribution in [0.5, 0.6) is 0 Å². The highest BCUT2D eigenvalue weighted by molar-refractivity contribution is 9.10. The molecule has 1 saturated heterocycles. The monoisotopic (exact) mass is 324 g/mol. The Balaban J connectivity index is 1.52. The topological polar surface area (TPSA) is 45.5 Å². The van der Waals surface area contributed by atoms with Crippen molar-refractivity contribution in [1.29, 1.82) is 0 Å². The minimum Gasteiger partial charge on any atom is -0.386 e. The van der Waals surface area contributed by atoms with E-state index in [2.05, 4.69) is 20.5 Å². The van der Waals surface area contributed by atoms with Crippen LogP contribution in [-0.2, 0) is 0 Å². The Morgan fingerprint density at radius 3 is 2.58 bits per heavy atom. The Morgan fingerprint density at radius 2 is 2.00 bits per heavy atom. The summed E-state index contributed by atoms with van der Waals surface area (Å²) < 4.78 is 3.04. The lowest BCUT2D eigenvalue weighted by molar-refractivity contribution is -0.0960. The highest BCUT2D eigenvalue weighted by Gasteiger charge is 2.53. The van der Waals surface area contributed by atoms with Crippen molar-refractivity contribution < 1.29 is 9.90 Å². The van der Waals surface area contributed by atoms with Crippen LogP contribution in [0.15, 0.2) is 16.7 Å². The zero-order valence-electron chi connectivity index (χ0n) is 10.7. The third-order valence-electron chi connectivity index (χ3n) is 4.53. The van der Waals surface area contributed by atoms with Gasteiger partial charge in [-0.3, -0.25) is 4.79 Å². The third kappa shape index (κ3) is 1.94. The number of nitrogens with zero attached hydrogens (tertiary/aromatic N) is 2. The van der Waals surface area contributed by atoms with Gasteiger partial charge in [-0.1, -0.05) is 0 Å². The number of halogens is 1. The van der Waals surface area contributed by atoms with Gasteiger partial charge in [-0.2, -0.15) is 0 Å². The molecule has 1 aromatic heterocycles. The number of hydrogen-bond donors (Lipinski definition) is 1. The second kappa shape index (κ2) is 3.85. The van der Waals surface area contributed by atoms with Gasteiger partial charge in [-0.05, 0) is 53.6 Å². The second-order valence-corrected chi connectivity index (χ2v) is 7.14. The standard InChI is InChI=1S/C14H17BrN2O2/c15-10-5-12(17(6-10)11-3-4-11)13(18)16-7-14(19,8-16)9-1-2-9/h5-6,9,11,19H,1-4,7-8H2. The molecule has 1 amide bonds. The van der Waals surface area contributed by atoms with Crippen molar-refractivity contribution in [3.8, 4) is 0 Å². The van der Waals surface area contributed by atoms with Gasteiger partial charge < -0.3 is 14.6 Å². The van der Waals surface area contributed by atoms with E-state index in [1.807, 2.05) is 12.3 Å². The number of amides is 1. The van der Waals surface area contributed by atoms with E-state index in [4.69, 9.17) is 0 Å². The first-order valence-electron chi connectivity index (χ1n) is 6.96. The summed E-state index contributed by atoms with van der Waals surface area (Å²) in [4.78, 5) is 14.3. The SMILES string of the molecule is O=C(c1cc(Br)cn1C1CC1)N1CC(O)(C2CC2)C1. The minimum atomic E-state index is -0.593. The van der Waals surface area contributed by atoms with Crippen LogP contribution in [-0.4, -0.2) is 39.2 Å². The molecule has 0 unspecified atom stereocenters. The van der Waals surface area contributed by atoms with Gasteiger partial charge in [0, 0.05) is 16.7 Å². The van der Waals surface area contributed by atoms with Gasteiger partial charge in [0.2, 0.25) is 0 Å². The summed E-state index contributed by atoms with van der Waals surface area (Å²) in [7, 11) is 0. The first-order valence-corrected chi connectivity index (χ1v) is 7.75. The molecule has 1 aromatic rings. The van der Waals surface area contributed by atoms with E-state index in [0.29, 0.717) is 25.0 Å². The number of likely N-dealkylation sites (tertiary alicyclic amines) is 1. The molecule has 4 nitrogen and oxygen atoms in total. The van der Waals surface area contributed by atoms with E-state index < -0.39 is 5.60 Å². The van der Waals surface area contributed by atoms with Crippen LogP contribution < -0.4 is 0 Å². The number of hydrogen-bond acceptors (Lipinski definition) is 2. The fraction of sp³-hybridized carbons (Fsp3) is 0.643. The Hall–Kier alpha value is -0.810. The van der Waals surface area contributed by atoms with Crippen molar-refractivity contribution in [2.75, 3.05) is 13.1 Å². The van der Waals surface area contributed by atoms with Crippen LogP contribution >= 0.6 is 15.9 Å². The van der Waals surface area contributed by atoms with Crippen molar-refractivity contribution in [2.45, 2.75) is 37.3 Å². The van der Waals surface area contributed by atoms with Gasteiger partial charge in [-0.25, -0.2) is 0 Å². The van der Waals surface area contributed by atoms with E-state index in [1.54, 1.807) is 4.90 Å². The average Bonchev–Trinajstić information content (AvgIpc) is 3.22. The Morgan fingerprint density at radius 1 is 1.32 bits per heavy atom. The second-order valence-electron chi connectivity index (χ2n) is 6.22. The van der Waals surface area contributed by atoms with Crippen molar-refractivity contribution in [3.63, 3.8) is 0 Å². The lowest BCUT2D eigenvalue weighted by Crippen LogP contribution is -2.64. The molecular formula is C14H17BrN2O2. The lowest BCUT2D eigenvalue weighted by atomic mass is 9.88. The maximum absolute atomic E-state index is 12.5. The van der Waals surface area contributed by atoms with Crippen molar-refractivity contribution >= 4 is 21.8 Å². The van der Waals surface area contributed by atoms with E-state index in [0.717, 1.165) is 35.8 Å². The molecule has 102 valence electrons. The number of carbonyl (C=O) groups excluding carboxylic acids is 1. The summed E-state index contributed by atoms with van der Waals surface area (Å²) in [6.07, 6.45) is 6.55. The molecule has 2 saturated carbocycles. The fourth-order valence-electron chi connectivity index (χ4n) is 3.07. The summed E-state index contributed by atoms with van der Waals surface area (Å²) in [5.41, 5.74) is 0.163. The van der Waals surface area contributed by atoms with Gasteiger partial charge in [0.15, 0.2) is 0 Å². The molecule has 0 radical (unpaired) electrons. The maximum Gasteiger partial charge on any atom is 0.270 e. The Labute approximate surface area is 120 Å². The fourth-order valence-corrected chi connectivity index (χ4v) is 3.51. The molecule has 3 fully saturated rings. The van der Waals surface area contributed by atoms with Crippen molar-refractivity contribution in [2.24, 2.45) is 5.92 Å². The quantitative estimate of drug-likeness (QED) is 0.926. The highest BCUT2D eigenvalue weighted by atomic mass is 79.9. The van der Waals surface area contributed by atoms with E-state index in [-0.39, 0.29) is 5.91 Å². The molecule has 0 aromatic carbocycles. The maximum atomic E-state index is 12.5. The average molecular weight is 325 g/mol. The summed E-state index contributed by atoms with van der Waals surface area (Å²) in [6.45, 7) is 1.01. The van der Waals surface area contributed by atoms with Gasteiger partial charge in [0.05, 0.1) is 13.1 Å². The summed E-state index contributed by atoms with van der Waals surface area (Å²) in [5.74, 6) is 0.487. The predicted octanol–water partition coefficient (Wildman–Crippen LogP) is 2.18. The first-order chi connectivity index (χ1) is 9.07. The molecule has 1 N–H and O–H groups in total. The molecule has 0 spiro atoms. The molecule has 2 heterocycles. The van der Waals surface area contributed by atoms with Crippen LogP contribution in [0.2, 0.25) is 0 Å². The van der Waals surface area contributed by atoms with Gasteiger partial charge in [0.25, 0.3) is 5.91 Å². The molecule has 4 rings (SSSR count). The highest BCUT2D eigenvalue weighted by Crippen LogP contribution is 2.45. The van der Waals surface area contributed by atoms with Crippen LogP contribution in [0.1, 0.15) is 42.2 Å². The van der Waals surface area contributed by atoms with Crippen molar-refractivity contribution in [3.05, 3.63) is 22.4 Å². The molecule has 2 aliphatic carbocycles. The summed E-state index contributed by atoms with van der Waals surface area (Å²) >= 11 is 3.45. The number of aromatic nitrogens is 1. The normalized spacial score (nSPS) is 25.3. The van der Waals surface area contributed by atoms with Crippen LogP contribution in [0.25, 0.3) is 0 Å². The summed E-state index contributed by atoms with van der Waals surface area (Å²) in [5, 5.41) is 10.3. The zero-order valence-corrected chi connectivity index (χ0v) is 12.3. The van der Waals surface area contributed by atoms with Crippen molar-refractivity contribution in [1.82, 2.24) is 9.47 Å². The molecule has 3 aliphatic rings. The molecule has 1 aliphatic heterocycles. The number of aliphatic hydroxyl groups is 1. The van der Waals surface area contributed by atoms with Gasteiger partial charge in [-0.15, -0.1) is 0 Å². The van der Waals surface area contributed by atoms with Gasteiger partial charge >= 0.3 is 0 Å². The zero-order chi connectivity index (χ0) is 13.2. The largest absolute Gasteiger partial charge is 0.386 e. The Kier molecular flexibility index (Phi) is 2.43. The molecule has 0 bridgehead atoms. The molecule has 0 atom stereocenters. The third-order valence-corrected chi connectivity index (χ3v) is 4.96. The lowest BCUT2D eigenvalue weighted by Gasteiger charge is -2.47.